The maximum absolute atomic E-state index is 13.6. The Morgan fingerprint density at radius 2 is 1.84 bits per heavy atom. The van der Waals surface area contributed by atoms with Crippen molar-refractivity contribution in [1.82, 2.24) is 5.32 Å². The molecule has 2 aromatic carbocycles. The SMILES string of the molecule is CCOCCOc1ccccc1NC(=S)NC(=O)c1ccccc1F. The second-order valence-electron chi connectivity index (χ2n) is 4.93. The number of halogens is 1. The second kappa shape index (κ2) is 9.71. The molecule has 0 heterocycles. The summed E-state index contributed by atoms with van der Waals surface area (Å²) in [5.41, 5.74) is 0.519. The van der Waals surface area contributed by atoms with E-state index in [0.29, 0.717) is 31.3 Å². The molecule has 5 nitrogen and oxygen atoms in total. The van der Waals surface area contributed by atoms with Gasteiger partial charge in [0.2, 0.25) is 0 Å². The zero-order chi connectivity index (χ0) is 18.1. The smallest absolute Gasteiger partial charge is 0.260 e. The summed E-state index contributed by atoms with van der Waals surface area (Å²) < 4.78 is 24.5. The van der Waals surface area contributed by atoms with Gasteiger partial charge in [0.05, 0.1) is 17.9 Å². The number of carbonyl (C=O) groups excluding carboxylic acids is 1. The Balaban J connectivity index is 1.96. The van der Waals surface area contributed by atoms with Crippen molar-refractivity contribution >= 4 is 28.9 Å². The van der Waals surface area contributed by atoms with Crippen molar-refractivity contribution in [3.8, 4) is 5.75 Å². The van der Waals surface area contributed by atoms with E-state index in [2.05, 4.69) is 10.6 Å². The zero-order valence-electron chi connectivity index (χ0n) is 13.8. The van der Waals surface area contributed by atoms with Crippen LogP contribution in [0.15, 0.2) is 48.5 Å². The number of hydrogen-bond donors (Lipinski definition) is 2. The fourth-order valence-electron chi connectivity index (χ4n) is 2.02. The van der Waals surface area contributed by atoms with E-state index in [-0.39, 0.29) is 10.7 Å². The van der Waals surface area contributed by atoms with Crippen LogP contribution in [-0.2, 0) is 4.74 Å². The molecule has 0 fully saturated rings. The quantitative estimate of drug-likeness (QED) is 0.584. The number of para-hydroxylation sites is 2. The number of ether oxygens (including phenoxy) is 2. The van der Waals surface area contributed by atoms with E-state index in [1.54, 1.807) is 24.3 Å². The molecule has 0 bridgehead atoms. The lowest BCUT2D eigenvalue weighted by Gasteiger charge is -2.14. The Bertz CT molecular complexity index is 740. The van der Waals surface area contributed by atoms with Gasteiger partial charge in [0.25, 0.3) is 5.91 Å². The summed E-state index contributed by atoms with van der Waals surface area (Å²) in [6.45, 7) is 3.39. The highest BCUT2D eigenvalue weighted by molar-refractivity contribution is 7.80. The highest BCUT2D eigenvalue weighted by Gasteiger charge is 2.13. The summed E-state index contributed by atoms with van der Waals surface area (Å²) >= 11 is 5.12. The summed E-state index contributed by atoms with van der Waals surface area (Å²) in [6, 6.07) is 12.9. The number of hydrogen-bond acceptors (Lipinski definition) is 4. The molecule has 0 saturated heterocycles. The highest BCUT2D eigenvalue weighted by Crippen LogP contribution is 2.23. The number of nitrogens with one attached hydrogen (secondary N) is 2. The van der Waals surface area contributed by atoms with Crippen LogP contribution in [0, 0.1) is 5.82 Å². The number of thiocarbonyl (C=S) groups is 1. The van der Waals surface area contributed by atoms with Crippen LogP contribution in [0.5, 0.6) is 5.75 Å². The Labute approximate surface area is 151 Å². The summed E-state index contributed by atoms with van der Waals surface area (Å²) in [5.74, 6) is -0.655. The molecular weight excluding hydrogens is 343 g/mol. The minimum absolute atomic E-state index is 0.0501. The summed E-state index contributed by atoms with van der Waals surface area (Å²) in [4.78, 5) is 12.1. The van der Waals surface area contributed by atoms with Crippen LogP contribution in [0.3, 0.4) is 0 Å². The molecule has 0 spiro atoms. The van der Waals surface area contributed by atoms with Crippen LogP contribution in [-0.4, -0.2) is 30.8 Å². The van der Waals surface area contributed by atoms with E-state index in [0.717, 1.165) is 0 Å². The van der Waals surface area contributed by atoms with Gasteiger partial charge in [-0.1, -0.05) is 24.3 Å². The van der Waals surface area contributed by atoms with Crippen LogP contribution in [0.2, 0.25) is 0 Å². The van der Waals surface area contributed by atoms with Crippen molar-refractivity contribution < 1.29 is 18.7 Å². The summed E-state index contributed by atoms with van der Waals surface area (Å²) in [6.07, 6.45) is 0. The number of amides is 1. The summed E-state index contributed by atoms with van der Waals surface area (Å²) in [7, 11) is 0. The number of anilines is 1. The van der Waals surface area contributed by atoms with Gasteiger partial charge in [0, 0.05) is 6.61 Å². The van der Waals surface area contributed by atoms with Gasteiger partial charge in [-0.15, -0.1) is 0 Å². The molecule has 1 amide bonds. The van der Waals surface area contributed by atoms with Gasteiger partial charge in [-0.25, -0.2) is 4.39 Å². The lowest BCUT2D eigenvalue weighted by Crippen LogP contribution is -2.34. The predicted molar refractivity (Wildman–Crippen MR) is 98.5 cm³/mol. The fourth-order valence-corrected chi connectivity index (χ4v) is 2.22. The first-order chi connectivity index (χ1) is 12.1. The van der Waals surface area contributed by atoms with Crippen LogP contribution >= 0.6 is 12.2 Å². The van der Waals surface area contributed by atoms with Gasteiger partial charge < -0.3 is 14.8 Å². The molecule has 0 aliphatic carbocycles. The van der Waals surface area contributed by atoms with Crippen molar-refractivity contribution in [2.24, 2.45) is 0 Å². The second-order valence-corrected chi connectivity index (χ2v) is 5.34. The third-order valence-electron chi connectivity index (χ3n) is 3.17. The lowest BCUT2D eigenvalue weighted by molar-refractivity contribution is 0.0974. The van der Waals surface area contributed by atoms with E-state index in [9.17, 15) is 9.18 Å². The molecule has 0 radical (unpaired) electrons. The van der Waals surface area contributed by atoms with Gasteiger partial charge in [-0.3, -0.25) is 10.1 Å². The number of benzene rings is 2. The van der Waals surface area contributed by atoms with Gasteiger partial charge in [-0.05, 0) is 43.4 Å². The molecule has 2 rings (SSSR count). The third kappa shape index (κ3) is 5.81. The first kappa shape index (κ1) is 18.8. The van der Waals surface area contributed by atoms with E-state index in [4.69, 9.17) is 21.7 Å². The predicted octanol–water partition coefficient (Wildman–Crippen LogP) is 3.37. The van der Waals surface area contributed by atoms with Crippen molar-refractivity contribution in [3.63, 3.8) is 0 Å². The van der Waals surface area contributed by atoms with E-state index >= 15 is 0 Å². The van der Waals surface area contributed by atoms with Crippen molar-refractivity contribution in [2.75, 3.05) is 25.1 Å². The van der Waals surface area contributed by atoms with Crippen molar-refractivity contribution in [3.05, 3.63) is 59.9 Å². The fraction of sp³-hybridized carbons (Fsp3) is 0.222. The third-order valence-corrected chi connectivity index (χ3v) is 3.37. The Morgan fingerprint density at radius 3 is 2.60 bits per heavy atom. The van der Waals surface area contributed by atoms with E-state index in [1.165, 1.54) is 18.2 Å². The average molecular weight is 362 g/mol. The summed E-state index contributed by atoms with van der Waals surface area (Å²) in [5, 5.41) is 5.38. The molecule has 132 valence electrons. The van der Waals surface area contributed by atoms with Crippen LogP contribution in [0.4, 0.5) is 10.1 Å². The van der Waals surface area contributed by atoms with Crippen molar-refractivity contribution in [2.45, 2.75) is 6.92 Å². The Kier molecular flexibility index (Phi) is 7.31. The minimum atomic E-state index is -0.620. The van der Waals surface area contributed by atoms with Crippen LogP contribution < -0.4 is 15.4 Å². The van der Waals surface area contributed by atoms with Gasteiger partial charge in [0.1, 0.15) is 18.2 Å². The largest absolute Gasteiger partial charge is 0.489 e. The maximum atomic E-state index is 13.6. The molecule has 0 aromatic heterocycles. The van der Waals surface area contributed by atoms with Crippen LogP contribution in [0.25, 0.3) is 0 Å². The normalized spacial score (nSPS) is 10.2. The first-order valence-corrected chi connectivity index (χ1v) is 8.19. The van der Waals surface area contributed by atoms with Gasteiger partial charge in [0.15, 0.2) is 5.11 Å². The molecule has 2 aromatic rings. The standard InChI is InChI=1S/C18H19FN2O3S/c1-2-23-11-12-24-16-10-6-5-9-15(16)20-18(25)21-17(22)13-7-3-4-8-14(13)19/h3-10H,2,11-12H2,1H3,(H2,20,21,22,25). The van der Waals surface area contributed by atoms with E-state index in [1.807, 2.05) is 13.0 Å². The minimum Gasteiger partial charge on any atom is -0.489 e. The topological polar surface area (TPSA) is 59.6 Å². The highest BCUT2D eigenvalue weighted by atomic mass is 32.1. The Hall–Kier alpha value is -2.51. The molecule has 0 saturated carbocycles. The molecule has 0 atom stereocenters. The van der Waals surface area contributed by atoms with Crippen LogP contribution in [0.1, 0.15) is 17.3 Å². The lowest BCUT2D eigenvalue weighted by atomic mass is 10.2. The first-order valence-electron chi connectivity index (χ1n) is 7.78. The molecule has 0 unspecified atom stereocenters. The maximum Gasteiger partial charge on any atom is 0.260 e. The van der Waals surface area contributed by atoms with Crippen molar-refractivity contribution in [1.29, 1.82) is 0 Å². The molecule has 2 N–H and O–H groups in total. The molecule has 0 aliphatic heterocycles. The molecular formula is C18H19FN2O3S. The molecule has 25 heavy (non-hydrogen) atoms. The molecule has 7 heteroatoms. The Morgan fingerprint density at radius 1 is 1.12 bits per heavy atom. The van der Waals surface area contributed by atoms with Gasteiger partial charge >= 0.3 is 0 Å². The number of carbonyl (C=O) groups is 1. The van der Waals surface area contributed by atoms with Gasteiger partial charge in [-0.2, -0.15) is 0 Å². The number of rotatable bonds is 7. The zero-order valence-corrected chi connectivity index (χ0v) is 14.6. The molecule has 0 aliphatic rings. The average Bonchev–Trinajstić information content (AvgIpc) is 2.60. The van der Waals surface area contributed by atoms with E-state index < -0.39 is 11.7 Å². The monoisotopic (exact) mass is 362 g/mol.